The maximum atomic E-state index is 12.7. The summed E-state index contributed by atoms with van der Waals surface area (Å²) < 4.78 is 17.9. The highest BCUT2D eigenvalue weighted by Gasteiger charge is 2.25. The third-order valence-corrected chi connectivity index (χ3v) is 7.29. The van der Waals surface area contributed by atoms with Gasteiger partial charge in [0.15, 0.2) is 17.2 Å². The average Bonchev–Trinajstić information content (AvgIpc) is 3.37. The monoisotopic (exact) mass is 483 g/mol. The molecule has 170 valence electrons. The van der Waals surface area contributed by atoms with E-state index in [2.05, 4.69) is 5.32 Å². The van der Waals surface area contributed by atoms with Gasteiger partial charge in [-0.05, 0) is 24.6 Å². The van der Waals surface area contributed by atoms with Crippen LogP contribution in [0.4, 0.5) is 0 Å². The Bertz CT molecular complexity index is 1330. The molecule has 0 aliphatic heterocycles. The predicted octanol–water partition coefficient (Wildman–Crippen LogP) is 4.77. The third kappa shape index (κ3) is 4.84. The lowest BCUT2D eigenvalue weighted by Crippen LogP contribution is -2.22. The molecule has 1 amide bonds. The van der Waals surface area contributed by atoms with Gasteiger partial charge in [-0.3, -0.25) is 4.79 Å². The number of carbonyl (C=O) groups is 3. The fraction of sp³-hybridized carbons (Fsp3) is 0.208. The smallest absolute Gasteiger partial charge is 0.351 e. The number of hydrogen-bond donors (Lipinski definition) is 1. The first-order valence-electron chi connectivity index (χ1n) is 10.2. The summed E-state index contributed by atoms with van der Waals surface area (Å²) >= 11 is 2.63. The highest BCUT2D eigenvalue weighted by molar-refractivity contribution is 7.34. The van der Waals surface area contributed by atoms with Gasteiger partial charge in [0.1, 0.15) is 0 Å². The van der Waals surface area contributed by atoms with Crippen molar-refractivity contribution in [3.05, 3.63) is 64.5 Å². The molecule has 0 bridgehead atoms. The molecule has 0 unspecified atom stereocenters. The van der Waals surface area contributed by atoms with Crippen molar-refractivity contribution in [3.63, 3.8) is 0 Å². The zero-order valence-electron chi connectivity index (χ0n) is 18.0. The van der Waals surface area contributed by atoms with Crippen LogP contribution < -0.4 is 10.1 Å². The summed E-state index contributed by atoms with van der Waals surface area (Å²) in [5.74, 6) is -0.934. The SMILES string of the molecule is CCOC(=O)COc1c(C(=O)OC)sc2c1sc1cc(C(=O)NCc3ccccc3)ccc12. The quantitative estimate of drug-likeness (QED) is 0.363. The Morgan fingerprint density at radius 1 is 1.00 bits per heavy atom. The van der Waals surface area contributed by atoms with Crippen LogP contribution >= 0.6 is 22.7 Å². The summed E-state index contributed by atoms with van der Waals surface area (Å²) in [5, 5.41) is 3.83. The first-order valence-corrected chi connectivity index (χ1v) is 11.8. The largest absolute Gasteiger partial charge is 0.479 e. The molecule has 4 rings (SSSR count). The van der Waals surface area contributed by atoms with Gasteiger partial charge in [-0.2, -0.15) is 0 Å². The second kappa shape index (κ2) is 10.0. The van der Waals surface area contributed by atoms with Crippen molar-refractivity contribution in [1.82, 2.24) is 5.32 Å². The average molecular weight is 484 g/mol. The van der Waals surface area contributed by atoms with Crippen molar-refractivity contribution < 1.29 is 28.6 Å². The molecule has 0 saturated heterocycles. The van der Waals surface area contributed by atoms with E-state index in [1.807, 2.05) is 42.5 Å². The lowest BCUT2D eigenvalue weighted by molar-refractivity contribution is -0.145. The standard InChI is InChI=1S/C24H21NO6S2/c1-3-30-18(26)13-31-19-21-20(33-22(19)24(28)29-2)16-10-9-15(11-17(16)32-21)23(27)25-12-14-7-5-4-6-8-14/h4-11H,3,12-13H2,1-2H3,(H,25,27). The summed E-state index contributed by atoms with van der Waals surface area (Å²) in [6.07, 6.45) is 0. The maximum Gasteiger partial charge on any atom is 0.351 e. The van der Waals surface area contributed by atoms with E-state index in [1.54, 1.807) is 13.0 Å². The summed E-state index contributed by atoms with van der Waals surface area (Å²) in [4.78, 5) is 37.0. The van der Waals surface area contributed by atoms with Crippen LogP contribution in [0.2, 0.25) is 0 Å². The van der Waals surface area contributed by atoms with Gasteiger partial charge in [0.05, 0.1) is 23.1 Å². The lowest BCUT2D eigenvalue weighted by Gasteiger charge is -2.06. The molecule has 0 atom stereocenters. The number of nitrogens with one attached hydrogen (secondary N) is 1. The number of amides is 1. The molecular formula is C24H21NO6S2. The van der Waals surface area contributed by atoms with E-state index in [4.69, 9.17) is 14.2 Å². The molecule has 2 aromatic carbocycles. The zero-order chi connectivity index (χ0) is 23.4. The lowest BCUT2D eigenvalue weighted by atomic mass is 10.1. The molecule has 0 radical (unpaired) electrons. The molecule has 0 fully saturated rings. The van der Waals surface area contributed by atoms with E-state index in [1.165, 1.54) is 29.8 Å². The van der Waals surface area contributed by atoms with E-state index < -0.39 is 11.9 Å². The van der Waals surface area contributed by atoms with Crippen LogP contribution in [-0.2, 0) is 20.8 Å². The van der Waals surface area contributed by atoms with Crippen LogP contribution in [-0.4, -0.2) is 38.2 Å². The fourth-order valence-electron chi connectivity index (χ4n) is 3.29. The number of hydrogen-bond acceptors (Lipinski definition) is 8. The van der Waals surface area contributed by atoms with E-state index in [0.717, 1.165) is 25.0 Å². The topological polar surface area (TPSA) is 90.9 Å². The fourth-order valence-corrected chi connectivity index (χ4v) is 5.91. The minimum atomic E-state index is -0.535. The van der Waals surface area contributed by atoms with Gasteiger partial charge in [-0.1, -0.05) is 36.4 Å². The number of carbonyl (C=O) groups excluding carboxylic acids is 3. The molecular weight excluding hydrogens is 462 g/mol. The molecule has 2 aromatic heterocycles. The van der Waals surface area contributed by atoms with E-state index in [-0.39, 0.29) is 24.0 Å². The van der Waals surface area contributed by atoms with Crippen LogP contribution in [0.25, 0.3) is 19.5 Å². The number of methoxy groups -OCH3 is 1. The molecule has 4 aromatic rings. The Morgan fingerprint density at radius 3 is 2.52 bits per heavy atom. The Morgan fingerprint density at radius 2 is 1.79 bits per heavy atom. The highest BCUT2D eigenvalue weighted by atomic mass is 32.1. The van der Waals surface area contributed by atoms with Gasteiger partial charge in [0, 0.05) is 22.2 Å². The molecule has 0 saturated carbocycles. The van der Waals surface area contributed by atoms with Crippen molar-refractivity contribution in [2.24, 2.45) is 0 Å². The minimum absolute atomic E-state index is 0.174. The zero-order valence-corrected chi connectivity index (χ0v) is 19.6. The predicted molar refractivity (Wildman–Crippen MR) is 128 cm³/mol. The van der Waals surface area contributed by atoms with Crippen LogP contribution in [0.15, 0.2) is 48.5 Å². The molecule has 0 aliphatic carbocycles. The van der Waals surface area contributed by atoms with Crippen molar-refractivity contribution in [2.45, 2.75) is 13.5 Å². The molecule has 7 nitrogen and oxygen atoms in total. The number of rotatable bonds is 8. The van der Waals surface area contributed by atoms with E-state index in [9.17, 15) is 14.4 Å². The van der Waals surface area contributed by atoms with Crippen molar-refractivity contribution in [1.29, 1.82) is 0 Å². The molecule has 2 heterocycles. The van der Waals surface area contributed by atoms with Crippen molar-refractivity contribution in [2.75, 3.05) is 20.3 Å². The van der Waals surface area contributed by atoms with Gasteiger partial charge in [0.2, 0.25) is 0 Å². The van der Waals surface area contributed by atoms with Gasteiger partial charge in [0.25, 0.3) is 5.91 Å². The first-order chi connectivity index (χ1) is 16.0. The molecule has 0 aliphatic rings. The Kier molecular flexibility index (Phi) is 6.90. The first kappa shape index (κ1) is 22.8. The molecule has 1 N–H and O–H groups in total. The molecule has 0 spiro atoms. The second-order valence-corrected chi connectivity index (χ2v) is 9.06. The van der Waals surface area contributed by atoms with Crippen LogP contribution in [0, 0.1) is 0 Å². The third-order valence-electron chi connectivity index (χ3n) is 4.83. The Labute approximate surface area is 197 Å². The van der Waals surface area contributed by atoms with Crippen LogP contribution in [0.1, 0.15) is 32.5 Å². The highest BCUT2D eigenvalue weighted by Crippen LogP contribution is 2.47. The molecule has 33 heavy (non-hydrogen) atoms. The number of esters is 2. The Hall–Kier alpha value is -3.43. The second-order valence-electron chi connectivity index (χ2n) is 6.99. The van der Waals surface area contributed by atoms with Crippen LogP contribution in [0.5, 0.6) is 5.75 Å². The summed E-state index contributed by atoms with van der Waals surface area (Å²) in [5.41, 5.74) is 1.55. The number of fused-ring (bicyclic) bond motifs is 3. The van der Waals surface area contributed by atoms with Crippen molar-refractivity contribution in [3.8, 4) is 5.75 Å². The van der Waals surface area contributed by atoms with Gasteiger partial charge >= 0.3 is 11.9 Å². The van der Waals surface area contributed by atoms with E-state index >= 15 is 0 Å². The maximum absolute atomic E-state index is 12.7. The number of thiophene rings is 2. The van der Waals surface area contributed by atoms with Gasteiger partial charge in [-0.15, -0.1) is 22.7 Å². The number of benzene rings is 2. The minimum Gasteiger partial charge on any atom is -0.479 e. The summed E-state index contributed by atoms with van der Waals surface area (Å²) in [7, 11) is 1.30. The van der Waals surface area contributed by atoms with Gasteiger partial charge < -0.3 is 19.5 Å². The summed E-state index contributed by atoms with van der Waals surface area (Å²) in [6.45, 7) is 2.07. The normalized spacial score (nSPS) is 10.8. The summed E-state index contributed by atoms with van der Waals surface area (Å²) in [6, 6.07) is 15.1. The molecule has 9 heteroatoms. The van der Waals surface area contributed by atoms with Crippen LogP contribution in [0.3, 0.4) is 0 Å². The van der Waals surface area contributed by atoms with Crippen molar-refractivity contribution >= 4 is 60.0 Å². The van der Waals surface area contributed by atoms with E-state index in [0.29, 0.717) is 17.9 Å². The Balaban J connectivity index is 1.63. The van der Waals surface area contributed by atoms with Gasteiger partial charge in [-0.25, -0.2) is 9.59 Å². The number of ether oxygens (including phenoxy) is 3.